The first kappa shape index (κ1) is 10.2. The van der Waals surface area contributed by atoms with Crippen LogP contribution in [-0.4, -0.2) is 5.78 Å². The van der Waals surface area contributed by atoms with Crippen LogP contribution in [-0.2, 0) is 4.79 Å². The molecule has 13 heavy (non-hydrogen) atoms. The van der Waals surface area contributed by atoms with Crippen LogP contribution >= 0.6 is 0 Å². The summed E-state index contributed by atoms with van der Waals surface area (Å²) in [6.45, 7) is 4.07. The summed E-state index contributed by atoms with van der Waals surface area (Å²) in [4.78, 5) is 11.6. The zero-order chi connectivity index (χ0) is 9.68. The molecule has 0 saturated carbocycles. The van der Waals surface area contributed by atoms with Gasteiger partial charge in [-0.3, -0.25) is 4.79 Å². The molecule has 0 saturated heterocycles. The van der Waals surface area contributed by atoms with Gasteiger partial charge in [-0.15, -0.1) is 0 Å². The van der Waals surface area contributed by atoms with Crippen molar-refractivity contribution in [1.82, 2.24) is 0 Å². The normalized spacial score (nSPS) is 28.2. The maximum atomic E-state index is 11.6. The standard InChI is InChI=1S/C12H18O/c1-3-7-12(13)11-9-6-5-8-10(11)4-2/h3,5-7,10-11H,4,8-9H2,1-2H3/b7-3+. The molecule has 0 N–H and O–H groups in total. The van der Waals surface area contributed by atoms with E-state index < -0.39 is 0 Å². The summed E-state index contributed by atoms with van der Waals surface area (Å²) in [6.07, 6.45) is 11.0. The third-order valence-corrected chi connectivity index (χ3v) is 2.79. The Balaban J connectivity index is 2.65. The third kappa shape index (κ3) is 2.55. The highest BCUT2D eigenvalue weighted by Crippen LogP contribution is 2.28. The van der Waals surface area contributed by atoms with Gasteiger partial charge in [0.1, 0.15) is 0 Å². The molecular formula is C12H18O. The number of carbonyl (C=O) groups excluding carboxylic acids is 1. The fraction of sp³-hybridized carbons (Fsp3) is 0.583. The molecule has 0 fully saturated rings. The van der Waals surface area contributed by atoms with Crippen LogP contribution < -0.4 is 0 Å². The van der Waals surface area contributed by atoms with Crippen LogP contribution in [0.2, 0.25) is 0 Å². The van der Waals surface area contributed by atoms with Gasteiger partial charge >= 0.3 is 0 Å². The number of rotatable bonds is 3. The first-order chi connectivity index (χ1) is 6.29. The number of carbonyl (C=O) groups is 1. The monoisotopic (exact) mass is 178 g/mol. The molecule has 72 valence electrons. The van der Waals surface area contributed by atoms with E-state index >= 15 is 0 Å². The van der Waals surface area contributed by atoms with E-state index in [1.54, 1.807) is 6.08 Å². The fourth-order valence-electron chi connectivity index (χ4n) is 1.96. The van der Waals surface area contributed by atoms with Crippen LogP contribution in [0.3, 0.4) is 0 Å². The Morgan fingerprint density at radius 3 is 2.77 bits per heavy atom. The first-order valence-corrected chi connectivity index (χ1v) is 5.11. The molecule has 0 radical (unpaired) electrons. The topological polar surface area (TPSA) is 17.1 Å². The van der Waals surface area contributed by atoms with Gasteiger partial charge in [-0.2, -0.15) is 0 Å². The summed E-state index contributed by atoms with van der Waals surface area (Å²) in [6, 6.07) is 0. The maximum absolute atomic E-state index is 11.6. The molecule has 1 heteroatoms. The molecule has 1 nitrogen and oxygen atoms in total. The minimum absolute atomic E-state index is 0.242. The van der Waals surface area contributed by atoms with E-state index in [4.69, 9.17) is 0 Å². The molecule has 1 aliphatic rings. The highest BCUT2D eigenvalue weighted by atomic mass is 16.1. The maximum Gasteiger partial charge on any atom is 0.159 e. The highest BCUT2D eigenvalue weighted by molar-refractivity contribution is 5.92. The summed E-state index contributed by atoms with van der Waals surface area (Å²) in [5, 5.41) is 0. The highest BCUT2D eigenvalue weighted by Gasteiger charge is 2.25. The average molecular weight is 178 g/mol. The van der Waals surface area contributed by atoms with Crippen molar-refractivity contribution in [1.29, 1.82) is 0 Å². The summed E-state index contributed by atoms with van der Waals surface area (Å²) in [5.74, 6) is 1.11. The molecule has 0 aliphatic heterocycles. The minimum Gasteiger partial charge on any atom is -0.295 e. The largest absolute Gasteiger partial charge is 0.295 e. The predicted octanol–water partition coefficient (Wildman–Crippen LogP) is 3.12. The van der Waals surface area contributed by atoms with E-state index in [0.29, 0.717) is 11.7 Å². The molecule has 2 atom stereocenters. The molecule has 0 aromatic heterocycles. The SMILES string of the molecule is C/C=C/C(=O)C1CC=CCC1CC. The Hall–Kier alpha value is -0.850. The molecule has 0 heterocycles. The van der Waals surface area contributed by atoms with Crippen LogP contribution in [0.5, 0.6) is 0 Å². The van der Waals surface area contributed by atoms with Crippen LogP contribution in [0.4, 0.5) is 0 Å². The molecule has 1 aliphatic carbocycles. The summed E-state index contributed by atoms with van der Waals surface area (Å²) < 4.78 is 0. The third-order valence-electron chi connectivity index (χ3n) is 2.79. The van der Waals surface area contributed by atoms with Crippen LogP contribution in [0.15, 0.2) is 24.3 Å². The van der Waals surface area contributed by atoms with Crippen LogP contribution in [0.25, 0.3) is 0 Å². The Bertz CT molecular complexity index is 225. The number of allylic oxidation sites excluding steroid dienone is 4. The van der Waals surface area contributed by atoms with E-state index in [2.05, 4.69) is 19.1 Å². The smallest absolute Gasteiger partial charge is 0.159 e. The molecule has 2 unspecified atom stereocenters. The number of hydrogen-bond acceptors (Lipinski definition) is 1. The van der Waals surface area contributed by atoms with E-state index in [0.717, 1.165) is 19.3 Å². The number of ketones is 1. The van der Waals surface area contributed by atoms with Crippen LogP contribution in [0, 0.1) is 11.8 Å². The Labute approximate surface area is 80.5 Å². The molecule has 1 rings (SSSR count). The lowest BCUT2D eigenvalue weighted by Crippen LogP contribution is -2.23. The first-order valence-electron chi connectivity index (χ1n) is 5.11. The summed E-state index contributed by atoms with van der Waals surface area (Å²) in [7, 11) is 0. The Morgan fingerprint density at radius 1 is 1.46 bits per heavy atom. The zero-order valence-corrected chi connectivity index (χ0v) is 8.49. The molecule has 0 amide bonds. The second-order valence-electron chi connectivity index (χ2n) is 3.62. The van der Waals surface area contributed by atoms with Crippen LogP contribution in [0.1, 0.15) is 33.1 Å². The lowest BCUT2D eigenvalue weighted by atomic mass is 9.79. The van der Waals surface area contributed by atoms with Gasteiger partial charge in [-0.05, 0) is 31.8 Å². The zero-order valence-electron chi connectivity index (χ0n) is 8.49. The quantitative estimate of drug-likeness (QED) is 0.479. The Kier molecular flexibility index (Phi) is 3.94. The van der Waals surface area contributed by atoms with Crippen molar-refractivity contribution >= 4 is 5.78 Å². The lowest BCUT2D eigenvalue weighted by Gasteiger charge is -2.25. The van der Waals surface area contributed by atoms with Gasteiger partial charge in [0, 0.05) is 5.92 Å². The second-order valence-corrected chi connectivity index (χ2v) is 3.62. The Morgan fingerprint density at radius 2 is 2.15 bits per heavy atom. The molecule has 0 aromatic carbocycles. The van der Waals surface area contributed by atoms with Gasteiger partial charge in [0.25, 0.3) is 0 Å². The van der Waals surface area contributed by atoms with Gasteiger partial charge in [-0.1, -0.05) is 31.6 Å². The molecular weight excluding hydrogens is 160 g/mol. The molecule has 0 spiro atoms. The van der Waals surface area contributed by atoms with Crippen molar-refractivity contribution in [3.05, 3.63) is 24.3 Å². The van der Waals surface area contributed by atoms with Crippen molar-refractivity contribution in [3.63, 3.8) is 0 Å². The van der Waals surface area contributed by atoms with Gasteiger partial charge in [0.15, 0.2) is 5.78 Å². The minimum atomic E-state index is 0.242. The fourth-order valence-corrected chi connectivity index (χ4v) is 1.96. The van der Waals surface area contributed by atoms with Gasteiger partial charge < -0.3 is 0 Å². The van der Waals surface area contributed by atoms with E-state index in [1.807, 2.05) is 13.0 Å². The number of hydrogen-bond donors (Lipinski definition) is 0. The van der Waals surface area contributed by atoms with E-state index in [-0.39, 0.29) is 5.92 Å². The van der Waals surface area contributed by atoms with Crippen molar-refractivity contribution in [2.45, 2.75) is 33.1 Å². The summed E-state index contributed by atoms with van der Waals surface area (Å²) >= 11 is 0. The van der Waals surface area contributed by atoms with E-state index in [1.165, 1.54) is 0 Å². The van der Waals surface area contributed by atoms with Crippen molar-refractivity contribution in [2.75, 3.05) is 0 Å². The van der Waals surface area contributed by atoms with Crippen molar-refractivity contribution < 1.29 is 4.79 Å². The molecule has 0 bridgehead atoms. The summed E-state index contributed by atoms with van der Waals surface area (Å²) in [5.41, 5.74) is 0. The van der Waals surface area contributed by atoms with Crippen molar-refractivity contribution in [2.24, 2.45) is 11.8 Å². The average Bonchev–Trinajstić information content (AvgIpc) is 2.18. The second kappa shape index (κ2) is 5.00. The predicted molar refractivity (Wildman–Crippen MR) is 55.5 cm³/mol. The van der Waals surface area contributed by atoms with Crippen molar-refractivity contribution in [3.8, 4) is 0 Å². The molecule has 0 aromatic rings. The van der Waals surface area contributed by atoms with Gasteiger partial charge in [0.05, 0.1) is 0 Å². The van der Waals surface area contributed by atoms with E-state index in [9.17, 15) is 4.79 Å². The van der Waals surface area contributed by atoms with Gasteiger partial charge in [0.2, 0.25) is 0 Å². The lowest BCUT2D eigenvalue weighted by molar-refractivity contribution is -0.119. The van der Waals surface area contributed by atoms with Gasteiger partial charge in [-0.25, -0.2) is 0 Å².